The van der Waals surface area contributed by atoms with Gasteiger partial charge in [-0.25, -0.2) is 27.3 Å². The number of hydrogen-bond donors (Lipinski definition) is 1. The summed E-state index contributed by atoms with van der Waals surface area (Å²) >= 11 is 0. The van der Waals surface area contributed by atoms with E-state index in [0.29, 0.717) is 17.9 Å². The Balaban J connectivity index is 1.84. The summed E-state index contributed by atoms with van der Waals surface area (Å²) in [4.78, 5) is 4.33. The number of oxazole rings is 1. The number of primary sulfonamides is 1. The highest BCUT2D eigenvalue weighted by Gasteiger charge is 2.21. The first-order chi connectivity index (χ1) is 14.3. The molecule has 152 valence electrons. The molecule has 2 N–H and O–H groups in total. The normalized spacial score (nSPS) is 11.6. The number of benzene rings is 3. The first-order valence-corrected chi connectivity index (χ1v) is 10.5. The molecule has 4 rings (SSSR count). The van der Waals surface area contributed by atoms with Gasteiger partial charge in [-0.2, -0.15) is 0 Å². The second-order valence-electron chi connectivity index (χ2n) is 6.64. The number of halogens is 2. The molecule has 0 aliphatic rings. The molecule has 0 amide bonds. The standard InChI is InChI=1S/C22H16F2N2O3S/c23-16-8-11-19(24)18(13-16)21-22(15-6-9-17(10-7-15)30(25,27)28)29-20(26-21)12-14-4-2-1-3-5-14/h1-11,13H,12H2,(H2,25,27,28). The van der Waals surface area contributed by atoms with Crippen LogP contribution in [0.2, 0.25) is 0 Å². The Morgan fingerprint density at radius 1 is 0.933 bits per heavy atom. The van der Waals surface area contributed by atoms with Crippen molar-refractivity contribution < 1.29 is 21.6 Å². The van der Waals surface area contributed by atoms with Gasteiger partial charge >= 0.3 is 0 Å². The predicted octanol–water partition coefficient (Wildman–Crippen LogP) is 4.53. The van der Waals surface area contributed by atoms with Crippen LogP contribution in [0.4, 0.5) is 8.78 Å². The Morgan fingerprint density at radius 3 is 2.30 bits per heavy atom. The summed E-state index contributed by atoms with van der Waals surface area (Å²) in [5.41, 5.74) is 1.46. The molecule has 1 aromatic heterocycles. The number of nitrogens with two attached hydrogens (primary N) is 1. The lowest BCUT2D eigenvalue weighted by atomic mass is 10.1. The zero-order valence-electron chi connectivity index (χ0n) is 15.5. The SMILES string of the molecule is NS(=O)(=O)c1ccc(-c2oc(Cc3ccccc3)nc2-c2cc(F)ccc2F)cc1. The van der Waals surface area contributed by atoms with Crippen molar-refractivity contribution in [1.29, 1.82) is 0 Å². The van der Waals surface area contributed by atoms with Crippen molar-refractivity contribution in [3.8, 4) is 22.6 Å². The summed E-state index contributed by atoms with van der Waals surface area (Å²) in [5, 5.41) is 5.14. The smallest absolute Gasteiger partial charge is 0.238 e. The molecule has 0 fully saturated rings. The van der Waals surface area contributed by atoms with E-state index in [1.165, 1.54) is 24.3 Å². The third-order valence-corrected chi connectivity index (χ3v) is 5.43. The second kappa shape index (κ2) is 7.81. The largest absolute Gasteiger partial charge is 0.440 e. The van der Waals surface area contributed by atoms with Gasteiger partial charge in [0.1, 0.15) is 17.3 Å². The molecular weight excluding hydrogens is 410 g/mol. The summed E-state index contributed by atoms with van der Waals surface area (Å²) in [5.74, 6) is -0.760. The van der Waals surface area contributed by atoms with E-state index in [1.54, 1.807) is 0 Å². The van der Waals surface area contributed by atoms with Crippen molar-refractivity contribution in [1.82, 2.24) is 4.98 Å². The van der Waals surface area contributed by atoms with E-state index in [0.717, 1.165) is 23.8 Å². The zero-order valence-corrected chi connectivity index (χ0v) is 16.4. The van der Waals surface area contributed by atoms with Gasteiger partial charge in [-0.3, -0.25) is 0 Å². The molecule has 3 aromatic carbocycles. The molecule has 5 nitrogen and oxygen atoms in total. The van der Waals surface area contributed by atoms with Crippen LogP contribution in [0.25, 0.3) is 22.6 Å². The number of hydrogen-bond acceptors (Lipinski definition) is 4. The topological polar surface area (TPSA) is 86.2 Å². The molecule has 30 heavy (non-hydrogen) atoms. The van der Waals surface area contributed by atoms with E-state index < -0.39 is 21.7 Å². The monoisotopic (exact) mass is 426 g/mol. The molecule has 4 aromatic rings. The first kappa shape index (κ1) is 19.9. The lowest BCUT2D eigenvalue weighted by Crippen LogP contribution is -2.11. The maximum Gasteiger partial charge on any atom is 0.238 e. The minimum Gasteiger partial charge on any atom is -0.440 e. The molecule has 0 saturated heterocycles. The fraction of sp³-hybridized carbons (Fsp3) is 0.0455. The summed E-state index contributed by atoms with van der Waals surface area (Å²) in [6.07, 6.45) is 0.347. The highest BCUT2D eigenvalue weighted by Crippen LogP contribution is 2.35. The zero-order chi connectivity index (χ0) is 21.3. The highest BCUT2D eigenvalue weighted by molar-refractivity contribution is 7.89. The number of aromatic nitrogens is 1. The Labute approximate surface area is 171 Å². The number of nitrogens with zero attached hydrogens (tertiary/aromatic N) is 1. The molecule has 0 saturated carbocycles. The van der Waals surface area contributed by atoms with Crippen molar-refractivity contribution in [3.05, 3.63) is 95.9 Å². The maximum atomic E-state index is 14.5. The lowest BCUT2D eigenvalue weighted by molar-refractivity contribution is 0.519. The van der Waals surface area contributed by atoms with Crippen molar-refractivity contribution in [2.75, 3.05) is 0 Å². The molecular formula is C22H16F2N2O3S. The fourth-order valence-corrected chi connectivity index (χ4v) is 3.58. The van der Waals surface area contributed by atoms with E-state index in [-0.39, 0.29) is 21.9 Å². The molecule has 0 radical (unpaired) electrons. The molecule has 0 atom stereocenters. The van der Waals surface area contributed by atoms with Gasteiger partial charge in [-0.1, -0.05) is 30.3 Å². The van der Waals surface area contributed by atoms with Crippen molar-refractivity contribution in [3.63, 3.8) is 0 Å². The molecule has 0 aliphatic carbocycles. The van der Waals surface area contributed by atoms with Gasteiger partial charge in [0.05, 0.1) is 4.90 Å². The van der Waals surface area contributed by atoms with E-state index in [9.17, 15) is 17.2 Å². The van der Waals surface area contributed by atoms with Crippen LogP contribution in [-0.2, 0) is 16.4 Å². The molecule has 0 aliphatic heterocycles. The van der Waals surface area contributed by atoms with Crippen LogP contribution in [0.5, 0.6) is 0 Å². The van der Waals surface area contributed by atoms with Gasteiger partial charge in [0.2, 0.25) is 10.0 Å². The van der Waals surface area contributed by atoms with Gasteiger partial charge in [0, 0.05) is 17.5 Å². The molecule has 1 heterocycles. The minimum atomic E-state index is -3.87. The van der Waals surface area contributed by atoms with Gasteiger partial charge in [0.15, 0.2) is 11.7 Å². The first-order valence-electron chi connectivity index (χ1n) is 8.93. The predicted molar refractivity (Wildman–Crippen MR) is 108 cm³/mol. The van der Waals surface area contributed by atoms with Crippen molar-refractivity contribution >= 4 is 10.0 Å². The van der Waals surface area contributed by atoms with Crippen LogP contribution < -0.4 is 5.14 Å². The average molecular weight is 426 g/mol. The van der Waals surface area contributed by atoms with Crippen LogP contribution in [0.15, 0.2) is 82.1 Å². The van der Waals surface area contributed by atoms with Crippen LogP contribution in [0, 0.1) is 11.6 Å². The van der Waals surface area contributed by atoms with E-state index in [4.69, 9.17) is 9.56 Å². The van der Waals surface area contributed by atoms with E-state index in [1.807, 2.05) is 30.3 Å². The van der Waals surface area contributed by atoms with Crippen LogP contribution in [0.1, 0.15) is 11.5 Å². The van der Waals surface area contributed by atoms with Gasteiger partial charge in [-0.15, -0.1) is 0 Å². The summed E-state index contributed by atoms with van der Waals surface area (Å²) in [6.45, 7) is 0. The van der Waals surface area contributed by atoms with E-state index in [2.05, 4.69) is 4.98 Å². The molecule has 8 heteroatoms. The van der Waals surface area contributed by atoms with Crippen molar-refractivity contribution in [2.24, 2.45) is 5.14 Å². The Bertz CT molecular complexity index is 1300. The summed E-state index contributed by atoms with van der Waals surface area (Å²) in [7, 11) is -3.87. The highest BCUT2D eigenvalue weighted by atomic mass is 32.2. The average Bonchev–Trinajstić information content (AvgIpc) is 3.13. The van der Waals surface area contributed by atoms with Crippen molar-refractivity contribution in [2.45, 2.75) is 11.3 Å². The quantitative estimate of drug-likeness (QED) is 0.508. The minimum absolute atomic E-state index is 0.0522. The number of rotatable bonds is 5. The second-order valence-corrected chi connectivity index (χ2v) is 8.20. The van der Waals surface area contributed by atoms with Gasteiger partial charge in [-0.05, 0) is 48.0 Å². The van der Waals surface area contributed by atoms with Gasteiger partial charge < -0.3 is 4.42 Å². The third-order valence-electron chi connectivity index (χ3n) is 4.50. The fourth-order valence-electron chi connectivity index (χ4n) is 3.06. The molecule has 0 spiro atoms. The van der Waals surface area contributed by atoms with E-state index >= 15 is 0 Å². The third kappa shape index (κ3) is 4.14. The maximum absolute atomic E-state index is 14.5. The molecule has 0 unspecified atom stereocenters. The Morgan fingerprint density at radius 2 is 1.63 bits per heavy atom. The Kier molecular flexibility index (Phi) is 5.19. The lowest BCUT2D eigenvalue weighted by Gasteiger charge is -2.04. The Hall–Kier alpha value is -3.36. The van der Waals surface area contributed by atoms with Crippen LogP contribution >= 0.6 is 0 Å². The molecule has 0 bridgehead atoms. The summed E-state index contributed by atoms with van der Waals surface area (Å²) < 4.78 is 57.2. The number of sulfonamides is 1. The summed E-state index contributed by atoms with van der Waals surface area (Å²) in [6, 6.07) is 18.1. The van der Waals surface area contributed by atoms with Gasteiger partial charge in [0.25, 0.3) is 0 Å². The van der Waals surface area contributed by atoms with Crippen LogP contribution in [-0.4, -0.2) is 13.4 Å². The van der Waals surface area contributed by atoms with Crippen LogP contribution in [0.3, 0.4) is 0 Å².